The molecule has 1 fully saturated rings. The van der Waals surface area contributed by atoms with E-state index in [2.05, 4.69) is 17.0 Å². The molecule has 1 amide bonds. The second-order valence-corrected chi connectivity index (χ2v) is 6.75. The van der Waals surface area contributed by atoms with E-state index in [4.69, 9.17) is 0 Å². The van der Waals surface area contributed by atoms with E-state index in [1.165, 1.54) is 12.5 Å². The predicted molar refractivity (Wildman–Crippen MR) is 94.8 cm³/mol. The molecule has 2 aromatic heterocycles. The van der Waals surface area contributed by atoms with Crippen LogP contribution in [0.15, 0.2) is 23.1 Å². The molecule has 24 heavy (non-hydrogen) atoms. The van der Waals surface area contributed by atoms with E-state index < -0.39 is 0 Å². The maximum absolute atomic E-state index is 12.4. The third kappa shape index (κ3) is 3.13. The van der Waals surface area contributed by atoms with Crippen molar-refractivity contribution in [3.05, 3.63) is 34.3 Å². The molecule has 0 aliphatic carbocycles. The van der Waals surface area contributed by atoms with Gasteiger partial charge >= 0.3 is 0 Å². The summed E-state index contributed by atoms with van der Waals surface area (Å²) in [4.78, 5) is 29.4. The summed E-state index contributed by atoms with van der Waals surface area (Å²) in [6.07, 6.45) is 8.10. The van der Waals surface area contributed by atoms with Gasteiger partial charge in [-0.05, 0) is 52.2 Å². The Kier molecular flexibility index (Phi) is 4.55. The van der Waals surface area contributed by atoms with Gasteiger partial charge in [-0.1, -0.05) is 0 Å². The Balaban J connectivity index is 1.86. The quantitative estimate of drug-likeness (QED) is 0.881. The first-order valence-electron chi connectivity index (χ1n) is 8.56. The van der Waals surface area contributed by atoms with Crippen LogP contribution in [-0.2, 0) is 4.79 Å². The highest BCUT2D eigenvalue weighted by molar-refractivity contribution is 5.92. The van der Waals surface area contributed by atoms with Crippen molar-refractivity contribution in [3.8, 4) is 0 Å². The highest BCUT2D eigenvalue weighted by atomic mass is 16.2. The van der Waals surface area contributed by atoms with E-state index in [0.29, 0.717) is 11.2 Å². The molecule has 6 heteroatoms. The fraction of sp³-hybridized carbons (Fsp3) is 0.500. The molecule has 128 valence electrons. The van der Waals surface area contributed by atoms with E-state index in [1.54, 1.807) is 23.0 Å². The van der Waals surface area contributed by atoms with Gasteiger partial charge in [-0.2, -0.15) is 5.10 Å². The van der Waals surface area contributed by atoms with E-state index >= 15 is 0 Å². The van der Waals surface area contributed by atoms with Crippen LogP contribution in [0.25, 0.3) is 17.1 Å². The summed E-state index contributed by atoms with van der Waals surface area (Å²) in [5.74, 6) is -0.0282. The molecule has 0 bridgehead atoms. The molecular weight excluding hydrogens is 304 g/mol. The minimum atomic E-state index is -0.208. The van der Waals surface area contributed by atoms with Gasteiger partial charge < -0.3 is 9.88 Å². The minimum absolute atomic E-state index is 0.0282. The average Bonchev–Trinajstić information content (AvgIpc) is 2.95. The number of H-pyrrole nitrogens is 1. The van der Waals surface area contributed by atoms with Crippen LogP contribution >= 0.6 is 0 Å². The van der Waals surface area contributed by atoms with E-state index in [9.17, 15) is 9.59 Å². The van der Waals surface area contributed by atoms with Crippen molar-refractivity contribution in [3.63, 3.8) is 0 Å². The van der Waals surface area contributed by atoms with Crippen LogP contribution in [0.3, 0.4) is 0 Å². The molecule has 6 nitrogen and oxygen atoms in total. The number of hydrogen-bond donors (Lipinski definition) is 1. The molecule has 3 rings (SSSR count). The molecule has 1 saturated heterocycles. The lowest BCUT2D eigenvalue weighted by molar-refractivity contribution is -0.129. The van der Waals surface area contributed by atoms with Gasteiger partial charge in [0, 0.05) is 35.7 Å². The zero-order valence-electron chi connectivity index (χ0n) is 14.5. The summed E-state index contributed by atoms with van der Waals surface area (Å²) >= 11 is 0. The predicted octanol–water partition coefficient (Wildman–Crippen LogP) is 2.72. The monoisotopic (exact) mass is 328 g/mol. The number of amides is 1. The van der Waals surface area contributed by atoms with E-state index in [1.807, 2.05) is 18.7 Å². The van der Waals surface area contributed by atoms with Crippen molar-refractivity contribution < 1.29 is 4.79 Å². The molecule has 2 aromatic rings. The van der Waals surface area contributed by atoms with Crippen molar-refractivity contribution in [2.75, 3.05) is 6.54 Å². The molecule has 1 aliphatic rings. The Hall–Kier alpha value is -2.37. The summed E-state index contributed by atoms with van der Waals surface area (Å²) < 4.78 is 1.78. The smallest absolute Gasteiger partial charge is 0.256 e. The summed E-state index contributed by atoms with van der Waals surface area (Å²) in [6, 6.07) is 2.21. The van der Waals surface area contributed by atoms with Crippen LogP contribution in [-0.4, -0.2) is 38.2 Å². The number of carbonyl (C=O) groups excluding carboxylic acids is 1. The highest BCUT2D eigenvalue weighted by Gasteiger charge is 2.21. The zero-order chi connectivity index (χ0) is 17.3. The molecule has 1 aliphatic heterocycles. The van der Waals surface area contributed by atoms with Gasteiger partial charge in [0.05, 0.1) is 6.20 Å². The first-order valence-corrected chi connectivity index (χ1v) is 8.56. The van der Waals surface area contributed by atoms with Gasteiger partial charge in [0.25, 0.3) is 5.56 Å². The number of likely N-dealkylation sites (tertiary alicyclic amines) is 1. The Morgan fingerprint density at radius 3 is 2.92 bits per heavy atom. The molecule has 0 aromatic carbocycles. The third-order valence-corrected chi connectivity index (χ3v) is 4.61. The van der Waals surface area contributed by atoms with Crippen molar-refractivity contribution in [2.24, 2.45) is 0 Å². The van der Waals surface area contributed by atoms with Crippen LogP contribution in [0.4, 0.5) is 0 Å². The van der Waals surface area contributed by atoms with Gasteiger partial charge in [-0.3, -0.25) is 9.59 Å². The average molecular weight is 328 g/mol. The molecule has 3 heterocycles. The number of nitrogens with one attached hydrogen (secondary N) is 1. The summed E-state index contributed by atoms with van der Waals surface area (Å²) in [5, 5.41) is 5.17. The number of pyridine rings is 1. The summed E-state index contributed by atoms with van der Waals surface area (Å²) in [7, 11) is 0. The van der Waals surface area contributed by atoms with Crippen LogP contribution in [0.1, 0.15) is 51.6 Å². The van der Waals surface area contributed by atoms with Crippen LogP contribution in [0, 0.1) is 0 Å². The number of fused-ring (bicyclic) bond motifs is 1. The number of piperidine rings is 1. The van der Waals surface area contributed by atoms with Crippen LogP contribution in [0.5, 0.6) is 0 Å². The molecule has 1 atom stereocenters. The largest absolute Gasteiger partial charge is 0.336 e. The third-order valence-electron chi connectivity index (χ3n) is 4.61. The number of hydrogen-bond acceptors (Lipinski definition) is 3. The SMILES string of the molecule is CC1CCCCN1C(=O)C=Cc1cc2cnn(C(C)C)c2[nH]c1=O. The van der Waals surface area contributed by atoms with Crippen molar-refractivity contribution in [1.82, 2.24) is 19.7 Å². The molecule has 0 saturated carbocycles. The zero-order valence-corrected chi connectivity index (χ0v) is 14.5. The topological polar surface area (TPSA) is 71.0 Å². The summed E-state index contributed by atoms with van der Waals surface area (Å²) in [6.45, 7) is 6.89. The standard InChI is InChI=1S/C18H24N4O2/c1-12(2)22-17-15(11-19-22)10-14(18(24)20-17)7-8-16(23)21-9-5-4-6-13(21)3/h7-8,10-13H,4-6,9H2,1-3H3,(H,20,24). The first kappa shape index (κ1) is 16.5. The van der Waals surface area contributed by atoms with E-state index in [0.717, 1.165) is 24.8 Å². The number of aromatic amines is 1. The lowest BCUT2D eigenvalue weighted by atomic mass is 10.0. The normalized spacial score (nSPS) is 18.8. The number of rotatable bonds is 3. The molecule has 1 N–H and O–H groups in total. The lowest BCUT2D eigenvalue weighted by Crippen LogP contribution is -2.41. The van der Waals surface area contributed by atoms with Crippen molar-refractivity contribution >= 4 is 23.0 Å². The summed E-state index contributed by atoms with van der Waals surface area (Å²) in [5.41, 5.74) is 0.979. The Morgan fingerprint density at radius 2 is 2.21 bits per heavy atom. The first-order chi connectivity index (χ1) is 11.5. The molecule has 1 unspecified atom stereocenters. The second-order valence-electron chi connectivity index (χ2n) is 6.75. The van der Waals surface area contributed by atoms with Crippen molar-refractivity contribution in [1.29, 1.82) is 0 Å². The highest BCUT2D eigenvalue weighted by Crippen LogP contribution is 2.18. The lowest BCUT2D eigenvalue weighted by Gasteiger charge is -2.32. The number of aromatic nitrogens is 3. The van der Waals surface area contributed by atoms with Gasteiger partial charge in [0.2, 0.25) is 5.91 Å². The van der Waals surface area contributed by atoms with Gasteiger partial charge in [-0.25, -0.2) is 4.68 Å². The number of carbonyl (C=O) groups is 1. The van der Waals surface area contributed by atoms with Gasteiger partial charge in [0.1, 0.15) is 5.65 Å². The Bertz CT molecular complexity index is 831. The maximum Gasteiger partial charge on any atom is 0.256 e. The minimum Gasteiger partial charge on any atom is -0.336 e. The molecule has 0 radical (unpaired) electrons. The fourth-order valence-electron chi connectivity index (χ4n) is 3.22. The second kappa shape index (κ2) is 6.63. The van der Waals surface area contributed by atoms with Crippen molar-refractivity contribution in [2.45, 2.75) is 52.1 Å². The molecular formula is C18H24N4O2. The van der Waals surface area contributed by atoms with Crippen LogP contribution in [0.2, 0.25) is 0 Å². The fourth-order valence-corrected chi connectivity index (χ4v) is 3.22. The van der Waals surface area contributed by atoms with Gasteiger partial charge in [-0.15, -0.1) is 0 Å². The Morgan fingerprint density at radius 1 is 1.42 bits per heavy atom. The molecule has 0 spiro atoms. The Labute approximate surface area is 141 Å². The van der Waals surface area contributed by atoms with Gasteiger partial charge in [0.15, 0.2) is 0 Å². The maximum atomic E-state index is 12.4. The van der Waals surface area contributed by atoms with E-state index in [-0.39, 0.29) is 23.6 Å². The number of nitrogens with zero attached hydrogens (tertiary/aromatic N) is 3. The van der Waals surface area contributed by atoms with Crippen LogP contribution < -0.4 is 5.56 Å².